The van der Waals surface area contributed by atoms with Gasteiger partial charge in [-0.3, -0.25) is 9.59 Å². The van der Waals surface area contributed by atoms with Gasteiger partial charge in [0.05, 0.1) is 50.7 Å². The van der Waals surface area contributed by atoms with E-state index in [4.69, 9.17) is 28.4 Å². The number of aliphatic carboxylic acids is 1. The normalized spacial score (nSPS) is 31.1. The fourth-order valence-electron chi connectivity index (χ4n) is 9.87. The summed E-state index contributed by atoms with van der Waals surface area (Å²) in [5.41, 5.74) is 0. The highest BCUT2D eigenvalue weighted by molar-refractivity contribution is 5.77. The molecule has 3 aliphatic heterocycles. The molecule has 458 valence electrons. The van der Waals surface area contributed by atoms with E-state index in [0.29, 0.717) is 12.8 Å². The third-order valence-corrected chi connectivity index (χ3v) is 14.6. The van der Waals surface area contributed by atoms with Crippen molar-refractivity contribution in [1.82, 2.24) is 10.6 Å². The van der Waals surface area contributed by atoms with Crippen molar-refractivity contribution in [3.05, 3.63) is 36.5 Å². The Kier molecular flexibility index (Phi) is 34.4. The minimum absolute atomic E-state index is 0.0925. The average Bonchev–Trinajstić information content (AvgIpc) is 3.50. The fraction of sp³-hybridized carbons (Fsp3) is 0.839. The van der Waals surface area contributed by atoms with Gasteiger partial charge in [0.25, 0.3) is 5.79 Å². The van der Waals surface area contributed by atoms with Crippen LogP contribution in [0.4, 0.5) is 0 Å². The van der Waals surface area contributed by atoms with Crippen molar-refractivity contribution in [2.45, 2.75) is 272 Å². The quantitative estimate of drug-likeness (QED) is 0.0306. The summed E-state index contributed by atoms with van der Waals surface area (Å²) in [5.74, 6) is -6.22. The minimum Gasteiger partial charge on any atom is -0.477 e. The van der Waals surface area contributed by atoms with E-state index in [2.05, 4.69) is 36.6 Å². The number of hydrogen-bond acceptors (Lipinski definition) is 20. The highest BCUT2D eigenvalue weighted by Gasteiger charge is 2.60. The van der Waals surface area contributed by atoms with Crippen molar-refractivity contribution in [2.24, 2.45) is 0 Å². The van der Waals surface area contributed by atoms with E-state index < -0.39 is 160 Å². The molecular weight excluding hydrogens is 1040 g/mol. The largest absolute Gasteiger partial charge is 0.477 e. The van der Waals surface area contributed by atoms with E-state index in [1.54, 1.807) is 6.08 Å². The maximum Gasteiger partial charge on any atom is 0.364 e. The first-order valence-electron chi connectivity index (χ1n) is 28.9. The number of carbonyl (C=O) groups excluding carboxylic acids is 2. The zero-order valence-electron chi connectivity index (χ0n) is 46.7. The summed E-state index contributed by atoms with van der Waals surface area (Å²) in [4.78, 5) is 38.2. The average molecular weight is 1140 g/mol. The lowest BCUT2D eigenvalue weighted by Gasteiger charge is -2.50. The molecule has 0 aromatic carbocycles. The molecule has 3 heterocycles. The summed E-state index contributed by atoms with van der Waals surface area (Å²) in [6.45, 7) is 2.00. The van der Waals surface area contributed by atoms with Gasteiger partial charge in [0.1, 0.15) is 67.1 Å². The molecule has 23 heteroatoms. The lowest BCUT2D eigenvalue weighted by Crippen LogP contribution is -2.70. The molecule has 3 fully saturated rings. The third-order valence-electron chi connectivity index (χ3n) is 14.6. The van der Waals surface area contributed by atoms with E-state index in [1.165, 1.54) is 77.0 Å². The van der Waals surface area contributed by atoms with Crippen molar-refractivity contribution < 1.29 is 104 Å². The lowest BCUT2D eigenvalue weighted by molar-refractivity contribution is -0.386. The van der Waals surface area contributed by atoms with Crippen LogP contribution in [0.25, 0.3) is 0 Å². The molecule has 3 saturated heterocycles. The van der Waals surface area contributed by atoms with Crippen molar-refractivity contribution in [3.63, 3.8) is 0 Å². The molecule has 0 aliphatic carbocycles. The molecule has 18 unspecified atom stereocenters. The Morgan fingerprint density at radius 3 is 1.78 bits per heavy atom. The van der Waals surface area contributed by atoms with Crippen LogP contribution in [0, 0.1) is 0 Å². The second-order valence-corrected chi connectivity index (χ2v) is 21.1. The van der Waals surface area contributed by atoms with Gasteiger partial charge in [-0.2, -0.15) is 0 Å². The molecule has 3 rings (SSSR count). The number of nitrogens with one attached hydrogen (secondary N) is 2. The van der Waals surface area contributed by atoms with Crippen LogP contribution in [0.3, 0.4) is 0 Å². The summed E-state index contributed by atoms with van der Waals surface area (Å²) >= 11 is 0. The number of aliphatic hydroxyl groups excluding tert-OH is 11. The van der Waals surface area contributed by atoms with Gasteiger partial charge in [0.2, 0.25) is 11.8 Å². The maximum absolute atomic E-state index is 13.3. The smallest absolute Gasteiger partial charge is 0.364 e. The van der Waals surface area contributed by atoms with Crippen LogP contribution in [0.15, 0.2) is 36.5 Å². The Morgan fingerprint density at radius 2 is 1.23 bits per heavy atom. The van der Waals surface area contributed by atoms with Crippen LogP contribution in [-0.4, -0.2) is 215 Å². The summed E-state index contributed by atoms with van der Waals surface area (Å²) in [7, 11) is 0. The summed E-state index contributed by atoms with van der Waals surface area (Å²) in [6, 6.07) is -2.65. The van der Waals surface area contributed by atoms with E-state index in [-0.39, 0.29) is 6.42 Å². The molecule has 23 nitrogen and oxygen atoms in total. The van der Waals surface area contributed by atoms with Crippen molar-refractivity contribution in [3.8, 4) is 0 Å². The number of carbonyl (C=O) groups is 3. The first-order chi connectivity index (χ1) is 37.9. The molecule has 3 aliphatic rings. The van der Waals surface area contributed by atoms with Gasteiger partial charge in [-0.1, -0.05) is 140 Å². The number of amides is 2. The topological polar surface area (TPSA) is 373 Å². The second kappa shape index (κ2) is 38.7. The van der Waals surface area contributed by atoms with Crippen LogP contribution in [0.2, 0.25) is 0 Å². The number of carboxylic acid groups (broad SMARTS) is 1. The summed E-state index contributed by atoms with van der Waals surface area (Å²) in [6.07, 6.45) is 3.93. The molecule has 0 aromatic rings. The van der Waals surface area contributed by atoms with E-state index in [9.17, 15) is 75.7 Å². The number of carboxylic acids is 1. The maximum atomic E-state index is 13.3. The second-order valence-electron chi connectivity index (χ2n) is 21.1. The lowest BCUT2D eigenvalue weighted by atomic mass is 9.88. The molecule has 2 amide bonds. The molecule has 0 saturated carbocycles. The molecule has 18 atom stereocenters. The Balaban J connectivity index is 1.72. The monoisotopic (exact) mass is 1130 g/mol. The number of aliphatic hydroxyl groups is 11. The first kappa shape index (κ1) is 70.2. The van der Waals surface area contributed by atoms with Crippen molar-refractivity contribution >= 4 is 17.8 Å². The van der Waals surface area contributed by atoms with Crippen LogP contribution >= 0.6 is 0 Å². The zero-order valence-corrected chi connectivity index (χ0v) is 46.7. The Bertz CT molecular complexity index is 1780. The number of unbranched alkanes of at least 4 members (excludes halogenated alkanes) is 16. The molecule has 0 aromatic heterocycles. The predicted octanol–water partition coefficient (Wildman–Crippen LogP) is 1.55. The standard InChI is InChI=1S/C56H98N2O21/c1-4-6-8-10-12-14-16-18-20-22-24-26-28-30-43(66)58-37(38(63)29-27-25-23-21-19-17-15-13-11-9-7-5-2)35-74-53-48(70)47(69)50(42(34-61)76-53)77-54-49(71)52(46(68)41(33-60)75-54)79-56(55(72)73)31-39(64)44(57-36(3)62)51(78-56)45(67)40(65)32-59/h18,20,24,26-27,29,37-42,44-54,59-61,63-65,67-71H,4-17,19,21-23,25,28,30-35H2,1-3H3,(H,57,62)(H,58,66)(H,72,73)/b20-18-,26-24-,29-27+. The van der Waals surface area contributed by atoms with Crippen LogP contribution in [0.5, 0.6) is 0 Å². The molecule has 14 N–H and O–H groups in total. The minimum atomic E-state index is -3.08. The van der Waals surface area contributed by atoms with Crippen LogP contribution in [0.1, 0.15) is 162 Å². The first-order valence-corrected chi connectivity index (χ1v) is 28.9. The number of hydrogen-bond donors (Lipinski definition) is 14. The SMILES string of the molecule is CCCCCCCC/C=C\C/C=C\CCC(=O)NC(COC1OC(CO)C(OC2OC(CO)C(O)C(OC3(C(=O)O)CC(O)C(NC(C)=O)C(C(O)C(O)CO)O3)C2O)C(O)C1O)C(O)/C=C/CCCCCCCCCCCC. The summed E-state index contributed by atoms with van der Waals surface area (Å²) in [5, 5.41) is 135. The van der Waals surface area contributed by atoms with E-state index in [0.717, 1.165) is 45.4 Å². The van der Waals surface area contributed by atoms with Gasteiger partial charge in [0, 0.05) is 19.8 Å². The summed E-state index contributed by atoms with van der Waals surface area (Å²) < 4.78 is 34.5. The highest BCUT2D eigenvalue weighted by atomic mass is 16.8. The predicted molar refractivity (Wildman–Crippen MR) is 287 cm³/mol. The Morgan fingerprint density at radius 1 is 0.671 bits per heavy atom. The van der Waals surface area contributed by atoms with Crippen LogP contribution < -0.4 is 10.6 Å². The van der Waals surface area contributed by atoms with E-state index >= 15 is 0 Å². The molecule has 0 radical (unpaired) electrons. The van der Waals surface area contributed by atoms with Gasteiger partial charge < -0.3 is 100 Å². The molecule has 79 heavy (non-hydrogen) atoms. The van der Waals surface area contributed by atoms with Crippen molar-refractivity contribution in [1.29, 1.82) is 0 Å². The number of allylic oxidation sites excluding steroid dienone is 5. The Labute approximate surface area is 466 Å². The van der Waals surface area contributed by atoms with E-state index in [1.807, 2.05) is 18.2 Å². The van der Waals surface area contributed by atoms with Crippen molar-refractivity contribution in [2.75, 3.05) is 26.4 Å². The highest BCUT2D eigenvalue weighted by Crippen LogP contribution is 2.38. The number of ether oxygens (including phenoxy) is 6. The van der Waals surface area contributed by atoms with Gasteiger partial charge in [0.15, 0.2) is 12.6 Å². The Hall–Kier alpha value is -3.05. The molecule has 0 spiro atoms. The zero-order chi connectivity index (χ0) is 58.3. The van der Waals surface area contributed by atoms with Gasteiger partial charge in [-0.05, 0) is 38.5 Å². The number of rotatable bonds is 40. The van der Waals surface area contributed by atoms with Gasteiger partial charge in [-0.15, -0.1) is 0 Å². The van der Waals surface area contributed by atoms with Gasteiger partial charge in [-0.25, -0.2) is 4.79 Å². The van der Waals surface area contributed by atoms with Gasteiger partial charge >= 0.3 is 5.97 Å². The molecule has 0 bridgehead atoms. The third kappa shape index (κ3) is 23.6. The molecular formula is C56H98N2O21. The van der Waals surface area contributed by atoms with Crippen LogP contribution in [-0.2, 0) is 42.8 Å². The fourth-order valence-corrected chi connectivity index (χ4v) is 9.87.